The lowest BCUT2D eigenvalue weighted by atomic mass is 10.1. The van der Waals surface area contributed by atoms with Crippen LogP contribution in [-0.4, -0.2) is 39.5 Å². The molecule has 33 heavy (non-hydrogen) atoms. The van der Waals surface area contributed by atoms with Crippen molar-refractivity contribution in [3.63, 3.8) is 0 Å². The minimum atomic E-state index is -0.862. The number of aromatic nitrogens is 2. The minimum absolute atomic E-state index is 0.0391. The van der Waals surface area contributed by atoms with Crippen molar-refractivity contribution in [1.82, 2.24) is 15.3 Å². The summed E-state index contributed by atoms with van der Waals surface area (Å²) in [5.74, 6) is -0.998. The lowest BCUT2D eigenvalue weighted by Gasteiger charge is -2.14. The van der Waals surface area contributed by atoms with E-state index < -0.39 is 17.9 Å². The zero-order valence-electron chi connectivity index (χ0n) is 18.0. The number of hydrogen-bond acceptors (Lipinski definition) is 6. The second kappa shape index (κ2) is 11.2. The van der Waals surface area contributed by atoms with Gasteiger partial charge >= 0.3 is 12.0 Å². The zero-order valence-corrected chi connectivity index (χ0v) is 18.0. The molecule has 0 aliphatic heterocycles. The Morgan fingerprint density at radius 2 is 1.79 bits per heavy atom. The molecule has 0 fully saturated rings. The van der Waals surface area contributed by atoms with Gasteiger partial charge in [0.2, 0.25) is 0 Å². The van der Waals surface area contributed by atoms with Crippen molar-refractivity contribution in [1.29, 1.82) is 0 Å². The minimum Gasteiger partial charge on any atom is -0.481 e. The van der Waals surface area contributed by atoms with Crippen molar-refractivity contribution < 1.29 is 19.5 Å². The highest BCUT2D eigenvalue weighted by molar-refractivity contribution is 6.08. The van der Waals surface area contributed by atoms with E-state index in [9.17, 15) is 14.4 Å². The number of urea groups is 1. The van der Waals surface area contributed by atoms with E-state index in [2.05, 4.69) is 31.2 Å². The van der Waals surface area contributed by atoms with Crippen LogP contribution in [0.3, 0.4) is 0 Å². The molecule has 10 heteroatoms. The van der Waals surface area contributed by atoms with Crippen LogP contribution in [0.25, 0.3) is 0 Å². The second-order valence-electron chi connectivity index (χ2n) is 7.01. The molecule has 0 saturated carbocycles. The number of carboxylic acids is 1. The number of aliphatic carboxylic acids is 1. The maximum Gasteiger partial charge on any atom is 0.320 e. The maximum absolute atomic E-state index is 13.0. The molecule has 170 valence electrons. The number of rotatable bonds is 9. The number of nitrogens with zero attached hydrogens (tertiary/aromatic N) is 2. The van der Waals surface area contributed by atoms with Crippen LogP contribution in [0, 0.1) is 0 Å². The maximum atomic E-state index is 13.0. The molecular weight excluding hydrogens is 424 g/mol. The van der Waals surface area contributed by atoms with Crippen molar-refractivity contribution in [2.45, 2.75) is 19.8 Å². The predicted molar refractivity (Wildman–Crippen MR) is 125 cm³/mol. The Labute approximate surface area is 190 Å². The Morgan fingerprint density at radius 3 is 2.45 bits per heavy atom. The summed E-state index contributed by atoms with van der Waals surface area (Å²) in [6.07, 6.45) is 5.06. The number of hydrogen-bond donors (Lipinski definition) is 5. The summed E-state index contributed by atoms with van der Waals surface area (Å²) in [4.78, 5) is 43.8. The molecule has 10 nitrogen and oxygen atoms in total. The molecule has 0 spiro atoms. The fourth-order valence-electron chi connectivity index (χ4n) is 2.93. The van der Waals surface area contributed by atoms with Crippen molar-refractivity contribution in [2.75, 3.05) is 22.5 Å². The molecule has 0 atom stereocenters. The third-order valence-corrected chi connectivity index (χ3v) is 4.51. The van der Waals surface area contributed by atoms with Crippen molar-refractivity contribution >= 4 is 40.8 Å². The van der Waals surface area contributed by atoms with Crippen LogP contribution in [0.2, 0.25) is 0 Å². The van der Waals surface area contributed by atoms with Crippen molar-refractivity contribution in [2.24, 2.45) is 0 Å². The molecule has 1 aromatic carbocycles. The van der Waals surface area contributed by atoms with E-state index in [4.69, 9.17) is 5.11 Å². The zero-order chi connectivity index (χ0) is 23.6. The summed E-state index contributed by atoms with van der Waals surface area (Å²) < 4.78 is 0. The third-order valence-electron chi connectivity index (χ3n) is 4.51. The van der Waals surface area contributed by atoms with Crippen LogP contribution in [0.1, 0.15) is 29.3 Å². The summed E-state index contributed by atoms with van der Waals surface area (Å²) in [5, 5.41) is 20.0. The molecule has 0 radical (unpaired) electrons. The van der Waals surface area contributed by atoms with Gasteiger partial charge in [0.25, 0.3) is 5.91 Å². The molecule has 0 bridgehead atoms. The number of nitrogens with one attached hydrogen (secondary N) is 4. The Hall–Kier alpha value is -4.47. The highest BCUT2D eigenvalue weighted by atomic mass is 16.4. The average Bonchev–Trinajstić information content (AvgIpc) is 2.79. The monoisotopic (exact) mass is 448 g/mol. The van der Waals surface area contributed by atoms with Gasteiger partial charge in [-0.15, -0.1) is 0 Å². The van der Waals surface area contributed by atoms with Gasteiger partial charge in [0.1, 0.15) is 5.82 Å². The first-order valence-corrected chi connectivity index (χ1v) is 10.3. The van der Waals surface area contributed by atoms with Crippen molar-refractivity contribution in [3.8, 4) is 0 Å². The van der Waals surface area contributed by atoms with E-state index in [-0.39, 0.29) is 17.8 Å². The first-order valence-electron chi connectivity index (χ1n) is 10.3. The Bertz CT molecular complexity index is 1120. The van der Waals surface area contributed by atoms with Crippen LogP contribution in [0.15, 0.2) is 61.1 Å². The van der Waals surface area contributed by atoms with Gasteiger partial charge in [-0.05, 0) is 43.2 Å². The number of benzene rings is 1. The van der Waals surface area contributed by atoms with Gasteiger partial charge in [-0.25, -0.2) is 9.78 Å². The number of anilines is 4. The first-order chi connectivity index (χ1) is 15.9. The van der Waals surface area contributed by atoms with E-state index in [1.54, 1.807) is 61.8 Å². The van der Waals surface area contributed by atoms with E-state index >= 15 is 0 Å². The number of carbonyl (C=O) groups excluding carboxylic acids is 2. The molecular formula is C23H24N6O4. The topological polar surface area (TPSA) is 145 Å². The standard InChI is InChI=1S/C23H24N6O4/c1-2-25-23(33)29-20-12-19(27-17-4-3-11-24-13-17)18(14-26-20)22(32)28-16-8-5-15(6-9-16)7-10-21(30)31/h3-6,8-9,11-14H,2,7,10H2,1H3,(H,28,32)(H,30,31)(H3,25,26,27,29,33). The van der Waals surface area contributed by atoms with Gasteiger partial charge < -0.3 is 21.1 Å². The van der Waals surface area contributed by atoms with E-state index in [1.165, 1.54) is 6.20 Å². The Balaban J connectivity index is 1.80. The molecule has 2 heterocycles. The van der Waals surface area contributed by atoms with E-state index in [0.29, 0.717) is 30.0 Å². The number of amides is 3. The highest BCUT2D eigenvalue weighted by Crippen LogP contribution is 2.24. The fraction of sp³-hybridized carbons (Fsp3) is 0.174. The molecule has 5 N–H and O–H groups in total. The summed E-state index contributed by atoms with van der Waals surface area (Å²) in [5.41, 5.74) is 2.76. The van der Waals surface area contributed by atoms with Crippen LogP contribution >= 0.6 is 0 Å². The van der Waals surface area contributed by atoms with Gasteiger partial charge in [-0.2, -0.15) is 0 Å². The van der Waals surface area contributed by atoms with Crippen LogP contribution < -0.4 is 21.3 Å². The van der Waals surface area contributed by atoms with Gasteiger partial charge in [0, 0.05) is 37.1 Å². The average molecular weight is 448 g/mol. The summed E-state index contributed by atoms with van der Waals surface area (Å²) in [6.45, 7) is 2.26. The Kier molecular flexibility index (Phi) is 7.90. The lowest BCUT2D eigenvalue weighted by Crippen LogP contribution is -2.28. The number of carbonyl (C=O) groups is 3. The van der Waals surface area contributed by atoms with E-state index in [0.717, 1.165) is 5.56 Å². The number of pyridine rings is 2. The van der Waals surface area contributed by atoms with Gasteiger partial charge in [0.05, 0.1) is 23.1 Å². The molecule has 0 unspecified atom stereocenters. The van der Waals surface area contributed by atoms with Crippen LogP contribution in [0.4, 0.5) is 27.7 Å². The number of aryl methyl sites for hydroxylation is 1. The lowest BCUT2D eigenvalue weighted by molar-refractivity contribution is -0.136. The van der Waals surface area contributed by atoms with E-state index in [1.807, 2.05) is 0 Å². The summed E-state index contributed by atoms with van der Waals surface area (Å²) in [6, 6.07) is 11.7. The molecule has 0 saturated heterocycles. The van der Waals surface area contributed by atoms with Gasteiger partial charge in [-0.1, -0.05) is 12.1 Å². The predicted octanol–water partition coefficient (Wildman–Crippen LogP) is 3.63. The molecule has 0 aliphatic carbocycles. The fourth-order valence-corrected chi connectivity index (χ4v) is 2.93. The first kappa shape index (κ1) is 23.2. The quantitative estimate of drug-likeness (QED) is 0.336. The molecule has 3 aromatic rings. The normalized spacial score (nSPS) is 10.2. The third kappa shape index (κ3) is 7.03. The molecule has 0 aliphatic rings. The van der Waals surface area contributed by atoms with Gasteiger partial charge in [0.15, 0.2) is 0 Å². The molecule has 2 aromatic heterocycles. The van der Waals surface area contributed by atoms with Crippen LogP contribution in [-0.2, 0) is 11.2 Å². The molecule has 3 rings (SSSR count). The second-order valence-corrected chi connectivity index (χ2v) is 7.01. The van der Waals surface area contributed by atoms with Crippen LogP contribution in [0.5, 0.6) is 0 Å². The smallest absolute Gasteiger partial charge is 0.320 e. The summed E-state index contributed by atoms with van der Waals surface area (Å²) in [7, 11) is 0. The largest absolute Gasteiger partial charge is 0.481 e. The molecule has 3 amide bonds. The van der Waals surface area contributed by atoms with Gasteiger partial charge in [-0.3, -0.25) is 19.9 Å². The highest BCUT2D eigenvalue weighted by Gasteiger charge is 2.15. The summed E-state index contributed by atoms with van der Waals surface area (Å²) >= 11 is 0. The SMILES string of the molecule is CCNC(=O)Nc1cc(Nc2cccnc2)c(C(=O)Nc2ccc(CCC(=O)O)cc2)cn1. The Morgan fingerprint density at radius 1 is 1.00 bits per heavy atom. The van der Waals surface area contributed by atoms with Crippen molar-refractivity contribution in [3.05, 3.63) is 72.2 Å². The number of carboxylic acid groups (broad SMARTS) is 1.